The van der Waals surface area contributed by atoms with Gasteiger partial charge in [0.1, 0.15) is 17.5 Å². The highest BCUT2D eigenvalue weighted by Crippen LogP contribution is 2.19. The first kappa shape index (κ1) is 12.1. The topological polar surface area (TPSA) is 71.9 Å². The van der Waals surface area contributed by atoms with Crippen molar-refractivity contribution in [3.63, 3.8) is 0 Å². The number of ether oxygens (including phenoxy) is 1. The number of benzene rings is 1. The third kappa shape index (κ3) is 3.06. The summed E-state index contributed by atoms with van der Waals surface area (Å²) in [5.74, 6) is 1.11. The highest BCUT2D eigenvalue weighted by molar-refractivity contribution is 5.32. The molecule has 2 rings (SSSR count). The minimum absolute atomic E-state index is 0.340. The van der Waals surface area contributed by atoms with E-state index in [1.807, 2.05) is 30.3 Å². The quantitative estimate of drug-likeness (QED) is 0.888. The molecule has 1 heterocycles. The number of rotatable bonds is 4. The van der Waals surface area contributed by atoms with Crippen LogP contribution < -0.4 is 10.5 Å². The van der Waals surface area contributed by atoms with Crippen LogP contribution in [0.5, 0.6) is 11.6 Å². The lowest BCUT2D eigenvalue weighted by atomic mass is 10.1. The Hall–Kier alpha value is -2.38. The Kier molecular flexibility index (Phi) is 3.90. The van der Waals surface area contributed by atoms with Gasteiger partial charge in [-0.1, -0.05) is 18.2 Å². The van der Waals surface area contributed by atoms with E-state index in [2.05, 4.69) is 4.98 Å². The molecule has 0 saturated carbocycles. The third-order valence-corrected chi connectivity index (χ3v) is 2.42. The summed E-state index contributed by atoms with van der Waals surface area (Å²) >= 11 is 0. The minimum Gasteiger partial charge on any atom is -0.439 e. The SMILES string of the molecule is N#Cc1cccc(Oc2ccc(CCN)cc2)n1. The molecule has 2 aromatic rings. The van der Waals surface area contributed by atoms with E-state index in [-0.39, 0.29) is 0 Å². The standard InChI is InChI=1S/C14H13N3O/c15-9-8-11-4-6-13(7-5-11)18-14-3-1-2-12(10-16)17-14/h1-7H,8-9,15H2. The van der Waals surface area contributed by atoms with Crippen molar-refractivity contribution < 1.29 is 4.74 Å². The zero-order valence-electron chi connectivity index (χ0n) is 9.84. The molecule has 90 valence electrons. The maximum atomic E-state index is 8.74. The van der Waals surface area contributed by atoms with Crippen LogP contribution >= 0.6 is 0 Å². The predicted octanol–water partition coefficient (Wildman–Crippen LogP) is 2.25. The van der Waals surface area contributed by atoms with Crippen LogP contribution in [0.15, 0.2) is 42.5 Å². The average Bonchev–Trinajstić information content (AvgIpc) is 2.42. The fourth-order valence-corrected chi connectivity index (χ4v) is 1.55. The van der Waals surface area contributed by atoms with Gasteiger partial charge in [0.25, 0.3) is 0 Å². The molecule has 4 nitrogen and oxygen atoms in total. The number of hydrogen-bond donors (Lipinski definition) is 1. The van der Waals surface area contributed by atoms with Gasteiger partial charge in [-0.05, 0) is 36.7 Å². The van der Waals surface area contributed by atoms with Crippen molar-refractivity contribution in [1.29, 1.82) is 5.26 Å². The lowest BCUT2D eigenvalue weighted by molar-refractivity contribution is 0.462. The lowest BCUT2D eigenvalue weighted by Gasteiger charge is -2.05. The van der Waals surface area contributed by atoms with Gasteiger partial charge in [-0.3, -0.25) is 0 Å². The number of hydrogen-bond acceptors (Lipinski definition) is 4. The van der Waals surface area contributed by atoms with Gasteiger partial charge in [-0.15, -0.1) is 0 Å². The van der Waals surface area contributed by atoms with Gasteiger partial charge < -0.3 is 10.5 Å². The van der Waals surface area contributed by atoms with Crippen LogP contribution in [0.3, 0.4) is 0 Å². The third-order valence-electron chi connectivity index (χ3n) is 2.42. The van der Waals surface area contributed by atoms with E-state index >= 15 is 0 Å². The fourth-order valence-electron chi connectivity index (χ4n) is 1.55. The highest BCUT2D eigenvalue weighted by atomic mass is 16.5. The van der Waals surface area contributed by atoms with E-state index in [0.29, 0.717) is 23.9 Å². The van der Waals surface area contributed by atoms with E-state index in [0.717, 1.165) is 6.42 Å². The zero-order chi connectivity index (χ0) is 12.8. The Morgan fingerprint density at radius 1 is 1.17 bits per heavy atom. The van der Waals surface area contributed by atoms with Crippen LogP contribution in [-0.4, -0.2) is 11.5 Å². The fraction of sp³-hybridized carbons (Fsp3) is 0.143. The lowest BCUT2D eigenvalue weighted by Crippen LogP contribution is -2.02. The van der Waals surface area contributed by atoms with Crippen LogP contribution in [0.1, 0.15) is 11.3 Å². The summed E-state index contributed by atoms with van der Waals surface area (Å²) in [6.45, 7) is 0.631. The molecule has 18 heavy (non-hydrogen) atoms. The first-order valence-corrected chi connectivity index (χ1v) is 5.66. The predicted molar refractivity (Wildman–Crippen MR) is 68.2 cm³/mol. The number of nitrogens with two attached hydrogens (primary N) is 1. The molecular weight excluding hydrogens is 226 g/mol. The average molecular weight is 239 g/mol. The monoisotopic (exact) mass is 239 g/mol. The Morgan fingerprint density at radius 2 is 1.94 bits per heavy atom. The molecule has 0 aliphatic rings. The van der Waals surface area contributed by atoms with Crippen molar-refractivity contribution in [2.45, 2.75) is 6.42 Å². The Bertz CT molecular complexity index is 558. The van der Waals surface area contributed by atoms with Crippen molar-refractivity contribution in [3.05, 3.63) is 53.7 Å². The molecule has 0 spiro atoms. The van der Waals surface area contributed by atoms with Gasteiger partial charge in [0.15, 0.2) is 0 Å². The molecule has 0 unspecified atom stereocenters. The maximum absolute atomic E-state index is 8.74. The Labute approximate surface area is 106 Å². The molecule has 0 bridgehead atoms. The van der Waals surface area contributed by atoms with Crippen LogP contribution in [0, 0.1) is 11.3 Å². The normalized spacial score (nSPS) is 9.78. The number of nitriles is 1. The van der Waals surface area contributed by atoms with E-state index in [1.54, 1.807) is 18.2 Å². The second-order valence-electron chi connectivity index (χ2n) is 3.76. The summed E-state index contributed by atoms with van der Waals surface area (Å²) in [5.41, 5.74) is 6.99. The summed E-state index contributed by atoms with van der Waals surface area (Å²) in [5, 5.41) is 8.74. The van der Waals surface area contributed by atoms with Crippen molar-refractivity contribution in [2.24, 2.45) is 5.73 Å². The van der Waals surface area contributed by atoms with Gasteiger partial charge in [-0.25, -0.2) is 4.98 Å². The van der Waals surface area contributed by atoms with Gasteiger partial charge in [0.05, 0.1) is 0 Å². The van der Waals surface area contributed by atoms with Gasteiger partial charge >= 0.3 is 0 Å². The van der Waals surface area contributed by atoms with Crippen molar-refractivity contribution in [3.8, 4) is 17.7 Å². The van der Waals surface area contributed by atoms with Crippen molar-refractivity contribution in [1.82, 2.24) is 4.98 Å². The van der Waals surface area contributed by atoms with Gasteiger partial charge in [0.2, 0.25) is 5.88 Å². The molecule has 2 N–H and O–H groups in total. The molecule has 4 heteroatoms. The summed E-state index contributed by atoms with van der Waals surface area (Å²) in [6.07, 6.45) is 0.850. The summed E-state index contributed by atoms with van der Waals surface area (Å²) < 4.78 is 5.56. The number of aromatic nitrogens is 1. The molecule has 0 aliphatic heterocycles. The van der Waals surface area contributed by atoms with Crippen LogP contribution in [0.25, 0.3) is 0 Å². The van der Waals surface area contributed by atoms with Gasteiger partial charge in [-0.2, -0.15) is 5.26 Å². The molecule has 1 aromatic carbocycles. The smallest absolute Gasteiger partial charge is 0.220 e. The van der Waals surface area contributed by atoms with Gasteiger partial charge in [0, 0.05) is 6.07 Å². The second-order valence-corrected chi connectivity index (χ2v) is 3.76. The second kappa shape index (κ2) is 5.80. The first-order valence-electron chi connectivity index (χ1n) is 5.66. The zero-order valence-corrected chi connectivity index (χ0v) is 9.84. The van der Waals surface area contributed by atoms with E-state index < -0.39 is 0 Å². The molecule has 0 atom stereocenters. The van der Waals surface area contributed by atoms with E-state index in [9.17, 15) is 0 Å². The molecule has 0 radical (unpaired) electrons. The van der Waals surface area contributed by atoms with Crippen LogP contribution in [0.2, 0.25) is 0 Å². The van der Waals surface area contributed by atoms with Crippen molar-refractivity contribution >= 4 is 0 Å². The summed E-state index contributed by atoms with van der Waals surface area (Å²) in [4.78, 5) is 4.04. The first-order chi connectivity index (χ1) is 8.81. The molecule has 0 aliphatic carbocycles. The van der Waals surface area contributed by atoms with Crippen molar-refractivity contribution in [2.75, 3.05) is 6.54 Å². The van der Waals surface area contributed by atoms with Crippen LogP contribution in [-0.2, 0) is 6.42 Å². The molecule has 1 aromatic heterocycles. The molecule has 0 fully saturated rings. The summed E-state index contributed by atoms with van der Waals surface area (Å²) in [7, 11) is 0. The minimum atomic E-state index is 0.340. The number of pyridine rings is 1. The summed E-state index contributed by atoms with van der Waals surface area (Å²) in [6, 6.07) is 14.7. The number of nitrogens with zero attached hydrogens (tertiary/aromatic N) is 2. The molecular formula is C14H13N3O. The van der Waals surface area contributed by atoms with E-state index in [1.165, 1.54) is 5.56 Å². The maximum Gasteiger partial charge on any atom is 0.220 e. The highest BCUT2D eigenvalue weighted by Gasteiger charge is 2.00. The molecule has 0 saturated heterocycles. The largest absolute Gasteiger partial charge is 0.439 e. The Morgan fingerprint density at radius 3 is 2.61 bits per heavy atom. The van der Waals surface area contributed by atoms with Crippen LogP contribution in [0.4, 0.5) is 0 Å². The molecule has 0 amide bonds. The Balaban J connectivity index is 2.11. The van der Waals surface area contributed by atoms with E-state index in [4.69, 9.17) is 15.7 Å².